The van der Waals surface area contributed by atoms with Crippen LogP contribution in [0.25, 0.3) is 0 Å². The topological polar surface area (TPSA) is 61.1 Å². The van der Waals surface area contributed by atoms with Crippen LogP contribution in [0.15, 0.2) is 49.6 Å². The molecule has 1 aromatic heterocycles. The summed E-state index contributed by atoms with van der Waals surface area (Å²) in [5.41, 5.74) is 1.37. The summed E-state index contributed by atoms with van der Waals surface area (Å²) >= 11 is 6.70. The number of hydrogen-bond acceptors (Lipinski definition) is 5. The van der Waals surface area contributed by atoms with Crippen molar-refractivity contribution in [2.45, 2.75) is 13.8 Å². The SMILES string of the molecule is CCN(CC)c1ccc(N=Nc2ncc(Br)cc2Br)c(O)c1. The molecule has 0 saturated heterocycles. The van der Waals surface area contributed by atoms with Crippen molar-refractivity contribution in [2.24, 2.45) is 10.2 Å². The van der Waals surface area contributed by atoms with E-state index in [-0.39, 0.29) is 5.75 Å². The van der Waals surface area contributed by atoms with Gasteiger partial charge in [-0.15, -0.1) is 10.2 Å². The number of phenols is 1. The Bertz CT molecular complexity index is 687. The van der Waals surface area contributed by atoms with Crippen LogP contribution in [0.2, 0.25) is 0 Å². The van der Waals surface area contributed by atoms with Crippen molar-refractivity contribution >= 4 is 49.1 Å². The fourth-order valence-corrected chi connectivity index (χ4v) is 3.03. The Hall–Kier alpha value is -1.47. The number of benzene rings is 1. The molecule has 0 aliphatic carbocycles. The predicted octanol–water partition coefficient (Wildman–Crippen LogP) is 5.57. The van der Waals surface area contributed by atoms with E-state index in [1.807, 2.05) is 12.1 Å². The van der Waals surface area contributed by atoms with E-state index in [4.69, 9.17) is 0 Å². The minimum Gasteiger partial charge on any atom is -0.506 e. The van der Waals surface area contributed by atoms with Gasteiger partial charge < -0.3 is 10.0 Å². The summed E-state index contributed by atoms with van der Waals surface area (Å²) in [6.45, 7) is 5.91. The molecule has 0 aliphatic rings. The lowest BCUT2D eigenvalue weighted by Crippen LogP contribution is -2.21. The first-order valence-electron chi connectivity index (χ1n) is 6.85. The Morgan fingerprint density at radius 1 is 1.14 bits per heavy atom. The predicted molar refractivity (Wildman–Crippen MR) is 95.5 cm³/mol. The summed E-state index contributed by atoms with van der Waals surface area (Å²) in [7, 11) is 0. The first kappa shape index (κ1) is 16.9. The second-order valence-corrected chi connectivity index (χ2v) is 6.27. The summed E-state index contributed by atoms with van der Waals surface area (Å²) in [4.78, 5) is 6.30. The number of rotatable bonds is 5. The third-order valence-electron chi connectivity index (χ3n) is 3.13. The number of nitrogens with zero attached hydrogens (tertiary/aromatic N) is 4. The molecule has 22 heavy (non-hydrogen) atoms. The van der Waals surface area contributed by atoms with Gasteiger partial charge >= 0.3 is 0 Å². The second-order valence-electron chi connectivity index (χ2n) is 4.50. The standard InChI is InChI=1S/C15H16Br2N4O/c1-3-21(4-2)11-5-6-13(14(22)8-11)19-20-15-12(17)7-10(16)9-18-15/h5-9,22H,3-4H2,1-2H3. The number of aromatic nitrogens is 1. The summed E-state index contributed by atoms with van der Waals surface area (Å²) in [6, 6.07) is 7.21. The van der Waals surface area contributed by atoms with Crippen molar-refractivity contribution in [3.05, 3.63) is 39.4 Å². The molecule has 0 amide bonds. The van der Waals surface area contributed by atoms with Crippen LogP contribution in [-0.4, -0.2) is 23.2 Å². The zero-order valence-corrected chi connectivity index (χ0v) is 15.5. The van der Waals surface area contributed by atoms with Crippen LogP contribution in [-0.2, 0) is 0 Å². The van der Waals surface area contributed by atoms with Crippen molar-refractivity contribution in [3.63, 3.8) is 0 Å². The van der Waals surface area contributed by atoms with E-state index in [0.29, 0.717) is 11.5 Å². The summed E-state index contributed by atoms with van der Waals surface area (Å²) in [5.74, 6) is 0.553. The highest BCUT2D eigenvalue weighted by atomic mass is 79.9. The lowest BCUT2D eigenvalue weighted by Gasteiger charge is -2.21. The molecule has 0 bridgehead atoms. The quantitative estimate of drug-likeness (QED) is 0.634. The van der Waals surface area contributed by atoms with Gasteiger partial charge in [0.15, 0.2) is 5.82 Å². The van der Waals surface area contributed by atoms with E-state index in [0.717, 1.165) is 27.7 Å². The molecule has 2 aromatic rings. The first-order chi connectivity index (χ1) is 10.5. The normalized spacial score (nSPS) is 11.1. The van der Waals surface area contributed by atoms with Crippen molar-refractivity contribution in [1.29, 1.82) is 0 Å². The molecule has 0 atom stereocenters. The number of pyridine rings is 1. The van der Waals surface area contributed by atoms with Crippen LogP contribution in [0.5, 0.6) is 5.75 Å². The number of azo groups is 1. The average molecular weight is 428 g/mol. The molecule has 1 aromatic carbocycles. The van der Waals surface area contributed by atoms with Crippen molar-refractivity contribution < 1.29 is 5.11 Å². The van der Waals surface area contributed by atoms with Gasteiger partial charge in [0.25, 0.3) is 0 Å². The zero-order chi connectivity index (χ0) is 16.1. The third kappa shape index (κ3) is 4.04. The van der Waals surface area contributed by atoms with Gasteiger partial charge in [-0.05, 0) is 63.9 Å². The fraction of sp³-hybridized carbons (Fsp3) is 0.267. The molecular weight excluding hydrogens is 412 g/mol. The van der Waals surface area contributed by atoms with E-state index in [1.54, 1.807) is 18.3 Å². The number of hydrogen-bond donors (Lipinski definition) is 1. The average Bonchev–Trinajstić information content (AvgIpc) is 2.49. The molecule has 0 fully saturated rings. The Morgan fingerprint density at radius 3 is 2.45 bits per heavy atom. The first-order valence-corrected chi connectivity index (χ1v) is 8.44. The van der Waals surface area contributed by atoms with Crippen molar-refractivity contribution in [2.75, 3.05) is 18.0 Å². The van der Waals surface area contributed by atoms with Crippen LogP contribution in [0.3, 0.4) is 0 Å². The molecular formula is C15H16Br2N4O. The molecule has 0 unspecified atom stereocenters. The Morgan fingerprint density at radius 2 is 1.86 bits per heavy atom. The van der Waals surface area contributed by atoms with Gasteiger partial charge in [-0.25, -0.2) is 4.98 Å². The van der Waals surface area contributed by atoms with Gasteiger partial charge in [-0.3, -0.25) is 0 Å². The molecule has 7 heteroatoms. The van der Waals surface area contributed by atoms with Gasteiger partial charge in [0.05, 0.1) is 4.47 Å². The van der Waals surface area contributed by atoms with Crippen molar-refractivity contribution in [3.8, 4) is 5.75 Å². The molecule has 0 aliphatic heterocycles. The Kier molecular flexibility index (Phi) is 5.90. The highest BCUT2D eigenvalue weighted by molar-refractivity contribution is 9.11. The van der Waals surface area contributed by atoms with E-state index in [2.05, 4.69) is 65.8 Å². The Balaban J connectivity index is 2.24. The molecule has 0 spiro atoms. The van der Waals surface area contributed by atoms with Crippen molar-refractivity contribution in [1.82, 2.24) is 4.98 Å². The number of phenolic OH excluding ortho intramolecular Hbond substituents is 1. The monoisotopic (exact) mass is 426 g/mol. The third-order valence-corrected chi connectivity index (χ3v) is 4.15. The van der Waals surface area contributed by atoms with Gasteiger partial charge in [-0.1, -0.05) is 0 Å². The zero-order valence-electron chi connectivity index (χ0n) is 12.3. The maximum absolute atomic E-state index is 10.1. The van der Waals surface area contributed by atoms with Crippen LogP contribution >= 0.6 is 31.9 Å². The molecule has 1 heterocycles. The Labute approximate surface area is 146 Å². The molecule has 116 valence electrons. The molecule has 0 saturated carbocycles. The summed E-state index contributed by atoms with van der Waals surface area (Å²) in [6.07, 6.45) is 1.64. The second kappa shape index (κ2) is 7.69. The minimum atomic E-state index is 0.0985. The smallest absolute Gasteiger partial charge is 0.188 e. The molecule has 5 nitrogen and oxygen atoms in total. The van der Waals surface area contributed by atoms with E-state index >= 15 is 0 Å². The van der Waals surface area contributed by atoms with Gasteiger partial charge in [0, 0.05) is 35.5 Å². The van der Waals surface area contributed by atoms with E-state index < -0.39 is 0 Å². The van der Waals surface area contributed by atoms with E-state index in [1.165, 1.54) is 0 Å². The molecule has 2 rings (SSSR count). The van der Waals surface area contributed by atoms with Gasteiger partial charge in [-0.2, -0.15) is 0 Å². The van der Waals surface area contributed by atoms with Crippen LogP contribution in [0.1, 0.15) is 13.8 Å². The molecule has 0 radical (unpaired) electrons. The maximum Gasteiger partial charge on any atom is 0.188 e. The summed E-state index contributed by atoms with van der Waals surface area (Å²) in [5, 5.41) is 18.2. The van der Waals surface area contributed by atoms with Crippen LogP contribution in [0, 0.1) is 0 Å². The van der Waals surface area contributed by atoms with Gasteiger partial charge in [0.2, 0.25) is 0 Å². The summed E-state index contributed by atoms with van der Waals surface area (Å²) < 4.78 is 1.58. The maximum atomic E-state index is 10.1. The molecule has 1 N–H and O–H groups in total. The highest BCUT2D eigenvalue weighted by Crippen LogP contribution is 2.33. The lowest BCUT2D eigenvalue weighted by molar-refractivity contribution is 0.476. The van der Waals surface area contributed by atoms with Crippen LogP contribution < -0.4 is 4.90 Å². The fourth-order valence-electron chi connectivity index (χ4n) is 1.96. The minimum absolute atomic E-state index is 0.0985. The number of aromatic hydroxyl groups is 1. The van der Waals surface area contributed by atoms with Gasteiger partial charge in [0.1, 0.15) is 11.4 Å². The number of anilines is 1. The largest absolute Gasteiger partial charge is 0.506 e. The highest BCUT2D eigenvalue weighted by Gasteiger charge is 2.07. The van der Waals surface area contributed by atoms with Crippen LogP contribution in [0.4, 0.5) is 17.2 Å². The van der Waals surface area contributed by atoms with E-state index in [9.17, 15) is 5.11 Å². The number of halogens is 2. The lowest BCUT2D eigenvalue weighted by atomic mass is 10.2.